The van der Waals surface area contributed by atoms with Gasteiger partial charge >= 0.3 is 0 Å². The van der Waals surface area contributed by atoms with Crippen LogP contribution in [-0.2, 0) is 0 Å². The van der Waals surface area contributed by atoms with Crippen LogP contribution in [0.2, 0.25) is 0 Å². The zero-order chi connectivity index (χ0) is 16.8. The highest BCUT2D eigenvalue weighted by Gasteiger charge is 2.07. The van der Waals surface area contributed by atoms with Gasteiger partial charge in [0, 0.05) is 9.82 Å². The molecule has 0 aromatic carbocycles. The quantitative estimate of drug-likeness (QED) is 0.281. The monoisotopic (exact) mass is 328 g/mol. The summed E-state index contributed by atoms with van der Waals surface area (Å²) >= 11 is 0. The van der Waals surface area contributed by atoms with Crippen molar-refractivity contribution in [3.05, 3.63) is 20.9 Å². The Morgan fingerprint density at radius 3 is 1.54 bits per heavy atom. The molecule has 3 heterocycles. The average Bonchev–Trinajstić information content (AvgIpc) is 3.20. The van der Waals surface area contributed by atoms with E-state index in [4.69, 9.17) is 11.1 Å². The second-order valence-corrected chi connectivity index (χ2v) is 3.64. The van der Waals surface area contributed by atoms with Crippen molar-refractivity contribution in [1.82, 2.24) is 50.8 Å². The maximum atomic E-state index is 8.26. The Hall–Kier alpha value is -4.56. The number of hydrogen-bond acceptors (Lipinski definition) is 12. The van der Waals surface area contributed by atoms with Gasteiger partial charge in [0.05, 0.1) is 0 Å². The van der Waals surface area contributed by atoms with Gasteiger partial charge in [-0.05, 0) is 21.3 Å². The Bertz CT molecular complexity index is 841. The highest BCUT2D eigenvalue weighted by atomic mass is 15.4. The molecule has 0 saturated heterocycles. The van der Waals surface area contributed by atoms with Crippen LogP contribution in [0.15, 0.2) is 10.2 Å². The molecule has 24 heavy (non-hydrogen) atoms. The van der Waals surface area contributed by atoms with Crippen LogP contribution >= 0.6 is 0 Å². The number of nitrogens with zero attached hydrogens (tertiary/aromatic N) is 14. The summed E-state index contributed by atoms with van der Waals surface area (Å²) in [6.45, 7) is 0. The van der Waals surface area contributed by atoms with E-state index in [0.717, 1.165) is 0 Å². The molecule has 0 amide bonds. The SMILES string of the molecule is [N-]=[N+]=Nc1n[nH]c(Nc2nnc(Nc3nc(N=[N+]=[N-])n[nH]3)nn2)n1. The Kier molecular flexibility index (Phi) is 3.88. The molecule has 0 radical (unpaired) electrons. The first-order chi connectivity index (χ1) is 11.8. The van der Waals surface area contributed by atoms with Crippen LogP contribution < -0.4 is 10.6 Å². The topological polar surface area (TPSA) is 256 Å². The Labute approximate surface area is 129 Å². The van der Waals surface area contributed by atoms with Gasteiger partial charge in [-0.25, -0.2) is 10.2 Å². The van der Waals surface area contributed by atoms with Gasteiger partial charge < -0.3 is 0 Å². The van der Waals surface area contributed by atoms with E-state index in [9.17, 15) is 0 Å². The third-order valence-corrected chi connectivity index (χ3v) is 2.15. The molecule has 3 aromatic rings. The molecular formula is C6H4N18. The number of azide groups is 2. The normalized spacial score (nSPS) is 9.67. The Morgan fingerprint density at radius 2 is 1.17 bits per heavy atom. The number of nitrogens with one attached hydrogen (secondary N) is 4. The average molecular weight is 328 g/mol. The number of hydrogen-bond donors (Lipinski definition) is 4. The van der Waals surface area contributed by atoms with Crippen LogP contribution in [0.4, 0.5) is 35.7 Å². The van der Waals surface area contributed by atoms with Crippen LogP contribution in [0, 0.1) is 0 Å². The molecule has 0 aliphatic rings. The molecule has 0 atom stereocenters. The second-order valence-electron chi connectivity index (χ2n) is 3.64. The molecule has 0 aliphatic carbocycles. The predicted octanol–water partition coefficient (Wildman–Crippen LogP) is 0.874. The van der Waals surface area contributed by atoms with E-state index in [-0.39, 0.29) is 35.7 Å². The van der Waals surface area contributed by atoms with Crippen molar-refractivity contribution in [3.8, 4) is 0 Å². The first-order valence-corrected chi connectivity index (χ1v) is 5.83. The van der Waals surface area contributed by atoms with Gasteiger partial charge in [0.1, 0.15) is 0 Å². The third-order valence-electron chi connectivity index (χ3n) is 2.15. The van der Waals surface area contributed by atoms with Crippen molar-refractivity contribution >= 4 is 35.7 Å². The largest absolute Gasteiger partial charge is 0.290 e. The van der Waals surface area contributed by atoms with Gasteiger partial charge in [0.2, 0.25) is 23.8 Å². The molecule has 0 bridgehead atoms. The van der Waals surface area contributed by atoms with Crippen molar-refractivity contribution in [2.24, 2.45) is 10.2 Å². The highest BCUT2D eigenvalue weighted by Crippen LogP contribution is 2.12. The van der Waals surface area contributed by atoms with Crippen molar-refractivity contribution < 1.29 is 0 Å². The molecule has 118 valence electrons. The van der Waals surface area contributed by atoms with Crippen LogP contribution in [-0.4, -0.2) is 50.8 Å². The number of rotatable bonds is 6. The van der Waals surface area contributed by atoms with Crippen LogP contribution in [0.3, 0.4) is 0 Å². The van der Waals surface area contributed by atoms with E-state index in [1.165, 1.54) is 0 Å². The van der Waals surface area contributed by atoms with Crippen molar-refractivity contribution in [3.63, 3.8) is 0 Å². The van der Waals surface area contributed by atoms with Gasteiger partial charge in [0.25, 0.3) is 11.9 Å². The van der Waals surface area contributed by atoms with Crippen molar-refractivity contribution in [2.45, 2.75) is 0 Å². The third kappa shape index (κ3) is 3.36. The predicted molar refractivity (Wildman–Crippen MR) is 74.6 cm³/mol. The molecule has 0 aliphatic heterocycles. The van der Waals surface area contributed by atoms with E-state index >= 15 is 0 Å². The molecule has 0 unspecified atom stereocenters. The number of anilines is 4. The lowest BCUT2D eigenvalue weighted by atomic mass is 10.8. The number of aromatic nitrogens is 10. The van der Waals surface area contributed by atoms with E-state index < -0.39 is 0 Å². The minimum Gasteiger partial charge on any atom is -0.290 e. The second kappa shape index (κ2) is 6.47. The number of aromatic amines is 2. The first-order valence-electron chi connectivity index (χ1n) is 5.83. The van der Waals surface area contributed by atoms with Crippen LogP contribution in [0.1, 0.15) is 0 Å². The fourth-order valence-corrected chi connectivity index (χ4v) is 1.33. The zero-order valence-electron chi connectivity index (χ0n) is 11.3. The molecular weight excluding hydrogens is 324 g/mol. The zero-order valence-corrected chi connectivity index (χ0v) is 11.3. The van der Waals surface area contributed by atoms with Crippen LogP contribution in [0.25, 0.3) is 20.9 Å². The van der Waals surface area contributed by atoms with E-state index in [2.05, 4.69) is 81.4 Å². The van der Waals surface area contributed by atoms with Gasteiger partial charge in [-0.2, -0.15) is 20.2 Å². The van der Waals surface area contributed by atoms with Gasteiger partial charge in [-0.15, -0.1) is 20.4 Å². The summed E-state index contributed by atoms with van der Waals surface area (Å²) < 4.78 is 0. The standard InChI is InChI=1S/C6H4N18/c7-23-21-5-11-1(13-19-5)9-3-15-17-4(18-16-3)10-2-12-6(20-14-2)22-24-8/h(H2,9,11,13,15,16,19)(H2,10,12,14,17,18,20). The fraction of sp³-hybridized carbons (Fsp3) is 0. The summed E-state index contributed by atoms with van der Waals surface area (Å²) in [5.41, 5.74) is 16.5. The lowest BCUT2D eigenvalue weighted by molar-refractivity contribution is 0.869. The lowest BCUT2D eigenvalue weighted by Gasteiger charge is -2.00. The summed E-state index contributed by atoms with van der Waals surface area (Å²) in [6, 6.07) is 0. The van der Waals surface area contributed by atoms with Gasteiger partial charge in [0.15, 0.2) is 0 Å². The van der Waals surface area contributed by atoms with Gasteiger partial charge in [-0.3, -0.25) is 10.6 Å². The van der Waals surface area contributed by atoms with E-state index in [1.807, 2.05) is 0 Å². The summed E-state index contributed by atoms with van der Waals surface area (Å²) in [7, 11) is 0. The Balaban J connectivity index is 1.65. The van der Waals surface area contributed by atoms with Gasteiger partial charge in [-0.1, -0.05) is 0 Å². The van der Waals surface area contributed by atoms with E-state index in [0.29, 0.717) is 0 Å². The lowest BCUT2D eigenvalue weighted by Crippen LogP contribution is -2.06. The molecule has 3 aromatic heterocycles. The minimum atomic E-state index is -0.0969. The maximum Gasteiger partial charge on any atom is 0.269 e. The molecule has 3 rings (SSSR count). The smallest absolute Gasteiger partial charge is 0.269 e. The van der Waals surface area contributed by atoms with E-state index in [1.54, 1.807) is 0 Å². The van der Waals surface area contributed by atoms with Crippen molar-refractivity contribution in [1.29, 1.82) is 0 Å². The summed E-state index contributed by atoms with van der Waals surface area (Å²) in [5.74, 6) is 0.0978. The molecule has 4 N–H and O–H groups in total. The maximum absolute atomic E-state index is 8.26. The Morgan fingerprint density at radius 1 is 0.750 bits per heavy atom. The van der Waals surface area contributed by atoms with Crippen molar-refractivity contribution in [2.75, 3.05) is 10.6 Å². The summed E-state index contributed by atoms with van der Waals surface area (Å²) in [5, 5.41) is 38.7. The molecule has 0 fully saturated rings. The summed E-state index contributed by atoms with van der Waals surface area (Å²) in [6.07, 6.45) is 0. The molecule has 0 saturated carbocycles. The number of H-pyrrole nitrogens is 2. The highest BCUT2D eigenvalue weighted by molar-refractivity contribution is 5.45. The molecule has 18 nitrogen and oxygen atoms in total. The van der Waals surface area contributed by atoms with Crippen LogP contribution in [0.5, 0.6) is 0 Å². The summed E-state index contributed by atoms with van der Waals surface area (Å²) in [4.78, 5) is 12.7. The molecule has 0 spiro atoms. The minimum absolute atomic E-state index is 0.0107. The fourth-order valence-electron chi connectivity index (χ4n) is 1.33. The first kappa shape index (κ1) is 14.4. The molecule has 18 heteroatoms.